The molecule has 0 saturated heterocycles. The van der Waals surface area contributed by atoms with Crippen molar-refractivity contribution in [3.8, 4) is 0 Å². The summed E-state index contributed by atoms with van der Waals surface area (Å²) in [6.45, 7) is 1.58. The summed E-state index contributed by atoms with van der Waals surface area (Å²) in [6, 6.07) is 0. The Kier molecular flexibility index (Phi) is 10.2. The van der Waals surface area contributed by atoms with E-state index in [1.54, 1.807) is 6.92 Å². The van der Waals surface area contributed by atoms with Crippen molar-refractivity contribution in [3.63, 3.8) is 0 Å². The molecule has 15 heteroatoms. The second-order valence-electron chi connectivity index (χ2n) is 5.21. The first-order valence-electron chi connectivity index (χ1n) is 6.65. The minimum absolute atomic E-state index is 0. The number of alkyl halides is 10. The van der Waals surface area contributed by atoms with E-state index < -0.39 is 51.9 Å². The Morgan fingerprint density at radius 2 is 1.15 bits per heavy atom. The van der Waals surface area contributed by atoms with Gasteiger partial charge in [-0.2, -0.15) is 43.9 Å². The Hall–Kier alpha value is 0.846. The summed E-state index contributed by atoms with van der Waals surface area (Å²) in [5.74, 6) is -28.0. The molecule has 0 N–H and O–H groups in total. The zero-order valence-corrected chi connectivity index (χ0v) is 17.4. The molecule has 0 aromatic rings. The molecule has 0 aliphatic carbocycles. The third-order valence-corrected chi connectivity index (χ3v) is 4.16. The number of hydrogen-bond acceptors (Lipinski definition) is 3. The fourth-order valence-corrected chi connectivity index (χ4v) is 2.14. The molecule has 0 heterocycles. The molecule has 0 amide bonds. The van der Waals surface area contributed by atoms with Crippen molar-refractivity contribution >= 4 is 10.1 Å². The predicted octanol–water partition coefficient (Wildman–Crippen LogP) is 1.64. The van der Waals surface area contributed by atoms with Crippen molar-refractivity contribution in [3.05, 3.63) is 0 Å². The van der Waals surface area contributed by atoms with E-state index in [1.807, 2.05) is 0 Å². The molecule has 0 rings (SSSR count). The molecule has 0 unspecified atom stereocenters. The summed E-state index contributed by atoms with van der Waals surface area (Å²) in [5, 5.41) is -7.24. The van der Waals surface area contributed by atoms with Gasteiger partial charge in [-0.1, -0.05) is 26.2 Å². The van der Waals surface area contributed by atoms with Crippen LogP contribution in [0, 0.1) is 0 Å². The molecule has 26 heavy (non-hydrogen) atoms. The van der Waals surface area contributed by atoms with Gasteiger partial charge in [0.2, 0.25) is 0 Å². The Morgan fingerprint density at radius 3 is 1.50 bits per heavy atom. The minimum atomic E-state index is -7.59. The average Bonchev–Trinajstić information content (AvgIpc) is 2.41. The Balaban J connectivity index is 0. The standard InChI is InChI=1S/C11H14F10O3S.K/c1-2-3-4-5-6-7(12,13)8(14,15)9(16,17)10(18,19)11(20,21)25(22,23)24;/h2-6H2,1H3,(H,22,23,24);/q;+1/p-1. The number of halogens is 10. The topological polar surface area (TPSA) is 57.2 Å². The fraction of sp³-hybridized carbons (Fsp3) is 1.00. The smallest absolute Gasteiger partial charge is 0.743 e. The monoisotopic (exact) mass is 454 g/mol. The van der Waals surface area contributed by atoms with E-state index >= 15 is 0 Å². The molecular formula is C11H13F10KO3S. The number of rotatable bonds is 10. The molecule has 0 spiro atoms. The molecule has 152 valence electrons. The second kappa shape index (κ2) is 9.11. The van der Waals surface area contributed by atoms with E-state index in [1.165, 1.54) is 0 Å². The first-order valence-corrected chi connectivity index (χ1v) is 8.06. The molecular weight excluding hydrogens is 441 g/mol. The summed E-state index contributed by atoms with van der Waals surface area (Å²) in [6.07, 6.45) is -2.37. The molecule has 0 radical (unpaired) electrons. The van der Waals surface area contributed by atoms with Crippen LogP contribution >= 0.6 is 0 Å². The van der Waals surface area contributed by atoms with Crippen LogP contribution in [0.2, 0.25) is 0 Å². The molecule has 0 fully saturated rings. The van der Waals surface area contributed by atoms with E-state index in [0.29, 0.717) is 6.42 Å². The molecule has 3 nitrogen and oxygen atoms in total. The van der Waals surface area contributed by atoms with Gasteiger partial charge in [0.25, 0.3) is 0 Å². The molecule has 0 aromatic carbocycles. The molecule has 0 atom stereocenters. The van der Waals surface area contributed by atoms with Gasteiger partial charge in [-0.25, -0.2) is 8.42 Å². The van der Waals surface area contributed by atoms with Gasteiger partial charge in [0.1, 0.15) is 0 Å². The summed E-state index contributed by atoms with van der Waals surface area (Å²) in [4.78, 5) is 0. The quantitative estimate of drug-likeness (QED) is 0.218. The van der Waals surface area contributed by atoms with Crippen LogP contribution in [0.25, 0.3) is 0 Å². The number of unbranched alkanes of at least 4 members (excludes halogenated alkanes) is 3. The van der Waals surface area contributed by atoms with Crippen LogP contribution in [0.15, 0.2) is 0 Å². The molecule has 0 bridgehead atoms. The van der Waals surface area contributed by atoms with Crippen LogP contribution in [-0.4, -0.2) is 41.9 Å². The maximum atomic E-state index is 13.3. The maximum absolute atomic E-state index is 13.3. The number of hydrogen-bond donors (Lipinski definition) is 0. The molecule has 0 saturated carbocycles. The van der Waals surface area contributed by atoms with E-state index in [2.05, 4.69) is 0 Å². The van der Waals surface area contributed by atoms with Crippen molar-refractivity contribution in [1.82, 2.24) is 0 Å². The van der Waals surface area contributed by atoms with Crippen LogP contribution in [0.3, 0.4) is 0 Å². The SMILES string of the molecule is CCCCCCC(F)(F)C(F)(F)C(F)(F)C(F)(F)C(F)(F)S(=O)(=O)[O-].[K+]. The van der Waals surface area contributed by atoms with E-state index in [9.17, 15) is 56.9 Å². The largest absolute Gasteiger partial charge is 1.00 e. The van der Waals surface area contributed by atoms with Gasteiger partial charge < -0.3 is 4.55 Å². The van der Waals surface area contributed by atoms with E-state index in [-0.39, 0.29) is 64.2 Å². The van der Waals surface area contributed by atoms with Crippen LogP contribution < -0.4 is 51.4 Å². The van der Waals surface area contributed by atoms with Gasteiger partial charge in [0.15, 0.2) is 10.1 Å². The van der Waals surface area contributed by atoms with Crippen molar-refractivity contribution < 1.29 is 108 Å². The van der Waals surface area contributed by atoms with Crippen LogP contribution in [0.5, 0.6) is 0 Å². The van der Waals surface area contributed by atoms with Gasteiger partial charge >= 0.3 is 80.3 Å². The second-order valence-corrected chi connectivity index (χ2v) is 6.63. The maximum Gasteiger partial charge on any atom is 1.00 e. The van der Waals surface area contributed by atoms with E-state index in [4.69, 9.17) is 0 Å². The zero-order chi connectivity index (χ0) is 20.5. The van der Waals surface area contributed by atoms with Crippen molar-refractivity contribution in [2.75, 3.05) is 0 Å². The van der Waals surface area contributed by atoms with Gasteiger partial charge in [0, 0.05) is 6.42 Å². The third kappa shape index (κ3) is 5.06. The predicted molar refractivity (Wildman–Crippen MR) is 63.2 cm³/mol. The van der Waals surface area contributed by atoms with Gasteiger partial charge in [-0.05, 0) is 6.42 Å². The Labute approximate surface area is 185 Å². The fourth-order valence-electron chi connectivity index (χ4n) is 1.70. The first-order chi connectivity index (χ1) is 10.8. The molecule has 0 aliphatic rings. The Bertz CT molecular complexity index is 565. The molecule has 0 aromatic heterocycles. The van der Waals surface area contributed by atoms with Crippen LogP contribution in [-0.2, 0) is 10.1 Å². The summed E-state index contributed by atoms with van der Waals surface area (Å²) in [7, 11) is -7.56. The summed E-state index contributed by atoms with van der Waals surface area (Å²) >= 11 is 0. The third-order valence-electron chi connectivity index (χ3n) is 3.27. The van der Waals surface area contributed by atoms with Crippen molar-refractivity contribution in [2.24, 2.45) is 0 Å². The van der Waals surface area contributed by atoms with Gasteiger partial charge in [-0.3, -0.25) is 0 Å². The molecule has 0 aliphatic heterocycles. The average molecular weight is 454 g/mol. The van der Waals surface area contributed by atoms with Crippen LogP contribution in [0.1, 0.15) is 39.0 Å². The minimum Gasteiger partial charge on any atom is -0.743 e. The van der Waals surface area contributed by atoms with E-state index in [0.717, 1.165) is 0 Å². The van der Waals surface area contributed by atoms with Gasteiger partial charge in [0.05, 0.1) is 0 Å². The normalized spacial score (nSPS) is 14.9. The van der Waals surface area contributed by atoms with Crippen molar-refractivity contribution in [1.29, 1.82) is 0 Å². The first kappa shape index (κ1) is 29.1. The van der Waals surface area contributed by atoms with Crippen molar-refractivity contribution in [2.45, 2.75) is 68.0 Å². The summed E-state index contributed by atoms with van der Waals surface area (Å²) in [5.41, 5.74) is 0. The Morgan fingerprint density at radius 1 is 0.731 bits per heavy atom. The van der Waals surface area contributed by atoms with Crippen LogP contribution in [0.4, 0.5) is 43.9 Å². The summed E-state index contributed by atoms with van der Waals surface area (Å²) < 4.78 is 161. The zero-order valence-electron chi connectivity index (χ0n) is 13.4. The van der Waals surface area contributed by atoms with Gasteiger partial charge in [-0.15, -0.1) is 0 Å².